The molecule has 0 atom stereocenters. The SMILES string of the molecule is COc1cc(CNc2ccc(Cl)c(C(=O)O)c2)c(Cl)cc1OCC(=O)NC(C)(C)C. The first-order valence-electron chi connectivity index (χ1n) is 9.07. The summed E-state index contributed by atoms with van der Waals surface area (Å²) in [6.07, 6.45) is 0. The van der Waals surface area contributed by atoms with Gasteiger partial charge < -0.3 is 25.2 Å². The van der Waals surface area contributed by atoms with Crippen molar-refractivity contribution in [3.05, 3.63) is 51.5 Å². The molecule has 0 bridgehead atoms. The number of halogens is 2. The number of amides is 1. The zero-order valence-electron chi connectivity index (χ0n) is 17.1. The minimum atomic E-state index is -1.11. The number of aromatic carboxylic acids is 1. The van der Waals surface area contributed by atoms with Crippen molar-refractivity contribution in [3.63, 3.8) is 0 Å². The number of benzene rings is 2. The Morgan fingerprint density at radius 3 is 2.37 bits per heavy atom. The first-order valence-corrected chi connectivity index (χ1v) is 9.82. The molecule has 0 saturated heterocycles. The molecule has 2 rings (SSSR count). The number of carbonyl (C=O) groups excluding carboxylic acids is 1. The molecule has 0 aliphatic heterocycles. The molecule has 0 aromatic heterocycles. The summed E-state index contributed by atoms with van der Waals surface area (Å²) in [7, 11) is 1.49. The quantitative estimate of drug-likeness (QED) is 0.538. The van der Waals surface area contributed by atoms with Gasteiger partial charge in [-0.25, -0.2) is 4.79 Å². The molecule has 0 aliphatic carbocycles. The minimum Gasteiger partial charge on any atom is -0.493 e. The van der Waals surface area contributed by atoms with Crippen molar-refractivity contribution in [2.45, 2.75) is 32.9 Å². The summed E-state index contributed by atoms with van der Waals surface area (Å²) in [4.78, 5) is 23.2. The van der Waals surface area contributed by atoms with Crippen LogP contribution in [0, 0.1) is 0 Å². The zero-order chi connectivity index (χ0) is 22.5. The van der Waals surface area contributed by atoms with Crippen molar-refractivity contribution in [3.8, 4) is 11.5 Å². The van der Waals surface area contributed by atoms with E-state index in [4.69, 9.17) is 32.7 Å². The van der Waals surface area contributed by atoms with Crippen LogP contribution < -0.4 is 20.1 Å². The Balaban J connectivity index is 2.11. The Hall–Kier alpha value is -2.64. The first-order chi connectivity index (χ1) is 14.0. The van der Waals surface area contributed by atoms with E-state index in [1.54, 1.807) is 18.2 Å². The highest BCUT2D eigenvalue weighted by atomic mass is 35.5. The molecule has 0 unspecified atom stereocenters. The van der Waals surface area contributed by atoms with Crippen molar-refractivity contribution in [2.75, 3.05) is 19.0 Å². The third-order valence-corrected chi connectivity index (χ3v) is 4.57. The van der Waals surface area contributed by atoms with Gasteiger partial charge in [-0.15, -0.1) is 0 Å². The first kappa shape index (κ1) is 23.6. The monoisotopic (exact) mass is 454 g/mol. The molecule has 3 N–H and O–H groups in total. The molecule has 30 heavy (non-hydrogen) atoms. The molecule has 1 amide bonds. The molecule has 0 fully saturated rings. The Labute approximate surface area is 185 Å². The van der Waals surface area contributed by atoms with E-state index < -0.39 is 5.97 Å². The summed E-state index contributed by atoms with van der Waals surface area (Å²) in [5, 5.41) is 15.7. The second-order valence-electron chi connectivity index (χ2n) is 7.53. The van der Waals surface area contributed by atoms with E-state index in [1.807, 2.05) is 20.8 Å². The smallest absolute Gasteiger partial charge is 0.337 e. The highest BCUT2D eigenvalue weighted by Crippen LogP contribution is 2.34. The molecule has 162 valence electrons. The third kappa shape index (κ3) is 6.71. The summed E-state index contributed by atoms with van der Waals surface area (Å²) >= 11 is 12.3. The third-order valence-electron chi connectivity index (χ3n) is 3.89. The van der Waals surface area contributed by atoms with Crippen LogP contribution in [0.25, 0.3) is 0 Å². The number of rotatable bonds is 8. The lowest BCUT2D eigenvalue weighted by atomic mass is 10.1. The second kappa shape index (κ2) is 9.91. The van der Waals surface area contributed by atoms with Gasteiger partial charge in [0.15, 0.2) is 18.1 Å². The molecule has 2 aromatic carbocycles. The van der Waals surface area contributed by atoms with Gasteiger partial charge in [-0.3, -0.25) is 4.79 Å². The molecule has 0 aliphatic rings. The molecule has 7 nitrogen and oxygen atoms in total. The number of hydrogen-bond donors (Lipinski definition) is 3. The molecular weight excluding hydrogens is 431 g/mol. The standard InChI is InChI=1S/C21H24Cl2N2O5/c1-21(2,3)25-19(26)11-30-18-9-16(23)12(7-17(18)29-4)10-24-13-5-6-15(22)14(8-13)20(27)28/h5-9,24H,10-11H2,1-4H3,(H,25,26)(H,27,28). The predicted octanol–water partition coefficient (Wildman–Crippen LogP) is 4.61. The summed E-state index contributed by atoms with van der Waals surface area (Å²) in [5.74, 6) is -0.610. The van der Waals surface area contributed by atoms with E-state index in [2.05, 4.69) is 10.6 Å². The van der Waals surface area contributed by atoms with Crippen LogP contribution in [0.15, 0.2) is 30.3 Å². The number of carbonyl (C=O) groups is 2. The molecule has 0 saturated carbocycles. The Kier molecular flexibility index (Phi) is 7.81. The Morgan fingerprint density at radius 2 is 1.77 bits per heavy atom. The maximum absolute atomic E-state index is 12.0. The average molecular weight is 455 g/mol. The van der Waals surface area contributed by atoms with Crippen molar-refractivity contribution in [1.82, 2.24) is 5.32 Å². The number of carboxylic acids is 1. The van der Waals surface area contributed by atoms with Gasteiger partial charge in [-0.1, -0.05) is 23.2 Å². The number of carboxylic acid groups (broad SMARTS) is 1. The van der Waals surface area contributed by atoms with Gasteiger partial charge in [-0.05, 0) is 50.6 Å². The topological polar surface area (TPSA) is 96.9 Å². The van der Waals surface area contributed by atoms with Crippen LogP contribution in [0.1, 0.15) is 36.7 Å². The molecule has 0 heterocycles. The van der Waals surface area contributed by atoms with Crippen molar-refractivity contribution in [2.24, 2.45) is 0 Å². The number of methoxy groups -OCH3 is 1. The van der Waals surface area contributed by atoms with Gasteiger partial charge >= 0.3 is 5.97 Å². The van der Waals surface area contributed by atoms with Crippen LogP contribution in [-0.2, 0) is 11.3 Å². The van der Waals surface area contributed by atoms with Crippen LogP contribution >= 0.6 is 23.2 Å². The Morgan fingerprint density at radius 1 is 1.07 bits per heavy atom. The summed E-state index contributed by atoms with van der Waals surface area (Å²) < 4.78 is 10.9. The largest absolute Gasteiger partial charge is 0.493 e. The van der Waals surface area contributed by atoms with Crippen LogP contribution in [0.5, 0.6) is 11.5 Å². The second-order valence-corrected chi connectivity index (χ2v) is 8.35. The fourth-order valence-electron chi connectivity index (χ4n) is 2.58. The van der Waals surface area contributed by atoms with Gasteiger partial charge in [0.25, 0.3) is 5.91 Å². The molecule has 0 spiro atoms. The van der Waals surface area contributed by atoms with E-state index >= 15 is 0 Å². The molecule has 2 aromatic rings. The van der Waals surface area contributed by atoms with E-state index in [0.717, 1.165) is 0 Å². The fraction of sp³-hybridized carbons (Fsp3) is 0.333. The lowest BCUT2D eigenvalue weighted by Crippen LogP contribution is -2.43. The normalized spacial score (nSPS) is 11.0. The predicted molar refractivity (Wildman–Crippen MR) is 117 cm³/mol. The van der Waals surface area contributed by atoms with E-state index in [9.17, 15) is 14.7 Å². The fourth-order valence-corrected chi connectivity index (χ4v) is 3.00. The van der Waals surface area contributed by atoms with E-state index in [1.165, 1.54) is 19.2 Å². The van der Waals surface area contributed by atoms with Crippen molar-refractivity contribution < 1.29 is 24.2 Å². The van der Waals surface area contributed by atoms with E-state index in [0.29, 0.717) is 34.3 Å². The van der Waals surface area contributed by atoms with Gasteiger partial charge in [0, 0.05) is 28.9 Å². The van der Waals surface area contributed by atoms with Crippen molar-refractivity contribution >= 4 is 40.8 Å². The molecular formula is C21H24Cl2N2O5. The number of hydrogen-bond acceptors (Lipinski definition) is 5. The van der Waals surface area contributed by atoms with Gasteiger partial charge in [0.1, 0.15) is 0 Å². The number of nitrogens with one attached hydrogen (secondary N) is 2. The minimum absolute atomic E-state index is 0.00243. The van der Waals surface area contributed by atoms with Crippen LogP contribution in [0.4, 0.5) is 5.69 Å². The molecule has 9 heteroatoms. The van der Waals surface area contributed by atoms with Gasteiger partial charge in [0.2, 0.25) is 0 Å². The highest BCUT2D eigenvalue weighted by Gasteiger charge is 2.16. The maximum atomic E-state index is 12.0. The van der Waals surface area contributed by atoms with Gasteiger partial charge in [0.05, 0.1) is 17.7 Å². The van der Waals surface area contributed by atoms with Crippen LogP contribution in [0.2, 0.25) is 10.0 Å². The van der Waals surface area contributed by atoms with Crippen molar-refractivity contribution in [1.29, 1.82) is 0 Å². The maximum Gasteiger partial charge on any atom is 0.337 e. The average Bonchev–Trinajstić information content (AvgIpc) is 2.65. The van der Waals surface area contributed by atoms with E-state index in [-0.39, 0.29) is 28.6 Å². The van der Waals surface area contributed by atoms with Crippen LogP contribution in [0.3, 0.4) is 0 Å². The summed E-state index contributed by atoms with van der Waals surface area (Å²) in [6, 6.07) is 7.90. The number of ether oxygens (including phenoxy) is 2. The molecule has 0 radical (unpaired) electrons. The zero-order valence-corrected chi connectivity index (χ0v) is 18.6. The highest BCUT2D eigenvalue weighted by molar-refractivity contribution is 6.33. The van der Waals surface area contributed by atoms with Gasteiger partial charge in [-0.2, -0.15) is 0 Å². The lowest BCUT2D eigenvalue weighted by Gasteiger charge is -2.21. The number of anilines is 1. The Bertz CT molecular complexity index is 942. The lowest BCUT2D eigenvalue weighted by molar-refractivity contribution is -0.124. The van der Waals surface area contributed by atoms with Crippen LogP contribution in [-0.4, -0.2) is 36.2 Å². The summed E-state index contributed by atoms with van der Waals surface area (Å²) in [5.41, 5.74) is 0.917. The summed E-state index contributed by atoms with van der Waals surface area (Å²) in [6.45, 7) is 5.77.